The maximum atomic E-state index is 6.42. The second-order valence-electron chi connectivity index (χ2n) is 5.78. The van der Waals surface area contributed by atoms with E-state index in [-0.39, 0.29) is 6.04 Å². The molecule has 4 atom stereocenters. The van der Waals surface area contributed by atoms with Crippen LogP contribution < -0.4 is 5.73 Å². The van der Waals surface area contributed by atoms with Crippen LogP contribution in [0, 0.1) is 24.7 Å². The van der Waals surface area contributed by atoms with E-state index in [1.54, 1.807) is 0 Å². The summed E-state index contributed by atoms with van der Waals surface area (Å²) in [5.74, 6) is 2.31. The van der Waals surface area contributed by atoms with E-state index >= 15 is 0 Å². The largest absolute Gasteiger partial charge is 0.324 e. The Morgan fingerprint density at radius 3 is 2.71 bits per heavy atom. The van der Waals surface area contributed by atoms with Crippen molar-refractivity contribution in [3.05, 3.63) is 29.6 Å². The molecule has 0 amide bonds. The van der Waals surface area contributed by atoms with E-state index in [1.165, 1.54) is 24.8 Å². The normalized spacial score (nSPS) is 31.2. The van der Waals surface area contributed by atoms with Gasteiger partial charge in [0.05, 0.1) is 0 Å². The van der Waals surface area contributed by atoms with Gasteiger partial charge < -0.3 is 5.73 Å². The number of aromatic nitrogens is 1. The first-order chi connectivity index (χ1) is 8.08. The molecule has 1 heterocycles. The molecule has 0 bridgehead atoms. The van der Waals surface area contributed by atoms with E-state index in [0.29, 0.717) is 5.92 Å². The number of pyridine rings is 1. The third-order valence-electron chi connectivity index (χ3n) is 4.45. The van der Waals surface area contributed by atoms with Gasteiger partial charge >= 0.3 is 0 Å². The monoisotopic (exact) mass is 232 g/mol. The molecule has 1 saturated carbocycles. The van der Waals surface area contributed by atoms with Crippen LogP contribution in [-0.2, 0) is 0 Å². The quantitative estimate of drug-likeness (QED) is 0.848. The van der Waals surface area contributed by atoms with Crippen LogP contribution in [0.3, 0.4) is 0 Å². The molecule has 17 heavy (non-hydrogen) atoms. The third-order valence-corrected chi connectivity index (χ3v) is 4.45. The molecule has 2 nitrogen and oxygen atoms in total. The van der Waals surface area contributed by atoms with Crippen LogP contribution in [0.5, 0.6) is 0 Å². The van der Waals surface area contributed by atoms with Gasteiger partial charge in [-0.25, -0.2) is 0 Å². The lowest BCUT2D eigenvalue weighted by molar-refractivity contribution is 0.186. The van der Waals surface area contributed by atoms with Gasteiger partial charge in [0.25, 0.3) is 0 Å². The summed E-state index contributed by atoms with van der Waals surface area (Å²) in [6, 6.07) is 4.39. The zero-order chi connectivity index (χ0) is 12.4. The van der Waals surface area contributed by atoms with E-state index < -0.39 is 0 Å². The lowest BCUT2D eigenvalue weighted by Crippen LogP contribution is -2.29. The van der Waals surface area contributed by atoms with Gasteiger partial charge in [-0.1, -0.05) is 20.3 Å². The zero-order valence-corrected chi connectivity index (χ0v) is 11.2. The van der Waals surface area contributed by atoms with E-state index in [0.717, 1.165) is 17.5 Å². The van der Waals surface area contributed by atoms with E-state index in [9.17, 15) is 0 Å². The molecule has 0 aromatic carbocycles. The van der Waals surface area contributed by atoms with Gasteiger partial charge in [0.2, 0.25) is 0 Å². The maximum absolute atomic E-state index is 6.42. The summed E-state index contributed by atoms with van der Waals surface area (Å²) in [5, 5.41) is 0. The van der Waals surface area contributed by atoms with Gasteiger partial charge in [0.15, 0.2) is 0 Å². The Kier molecular flexibility index (Phi) is 3.82. The Morgan fingerprint density at radius 2 is 2.06 bits per heavy atom. The van der Waals surface area contributed by atoms with Crippen molar-refractivity contribution in [2.45, 2.75) is 46.1 Å². The van der Waals surface area contributed by atoms with Crippen LogP contribution >= 0.6 is 0 Å². The average Bonchev–Trinajstić information content (AvgIpc) is 2.32. The summed E-state index contributed by atoms with van der Waals surface area (Å²) in [7, 11) is 0. The van der Waals surface area contributed by atoms with Crippen molar-refractivity contribution in [2.75, 3.05) is 0 Å². The Morgan fingerprint density at radius 1 is 1.29 bits per heavy atom. The fraction of sp³-hybridized carbons (Fsp3) is 0.667. The summed E-state index contributed by atoms with van der Waals surface area (Å²) < 4.78 is 0. The first-order valence-electron chi connectivity index (χ1n) is 6.76. The molecule has 0 spiro atoms. The average molecular weight is 232 g/mol. The van der Waals surface area contributed by atoms with Crippen LogP contribution in [0.25, 0.3) is 0 Å². The van der Waals surface area contributed by atoms with Crippen molar-refractivity contribution < 1.29 is 0 Å². The van der Waals surface area contributed by atoms with Crippen molar-refractivity contribution in [1.29, 1.82) is 0 Å². The minimum atomic E-state index is 0.187. The SMILES string of the molecule is Cc1cc(C(N)C2CCC(C)C(C)C2)ccn1. The number of nitrogens with zero attached hydrogens (tertiary/aromatic N) is 1. The summed E-state index contributed by atoms with van der Waals surface area (Å²) >= 11 is 0. The standard InChI is InChI=1S/C15H24N2/c1-10-4-5-13(8-11(10)2)15(16)14-6-7-17-12(3)9-14/h6-7,9-11,13,15H,4-5,8,16H2,1-3H3. The molecule has 2 heteroatoms. The van der Waals surface area contributed by atoms with E-state index in [2.05, 4.69) is 31.0 Å². The Bertz CT molecular complexity index is 375. The lowest BCUT2D eigenvalue weighted by atomic mass is 9.72. The molecule has 1 aromatic heterocycles. The second kappa shape index (κ2) is 5.18. The highest BCUT2D eigenvalue weighted by molar-refractivity contribution is 5.20. The fourth-order valence-corrected chi connectivity index (χ4v) is 2.96. The molecule has 94 valence electrons. The fourth-order valence-electron chi connectivity index (χ4n) is 2.96. The number of hydrogen-bond acceptors (Lipinski definition) is 2. The molecule has 2 N–H and O–H groups in total. The molecule has 1 aliphatic carbocycles. The maximum Gasteiger partial charge on any atom is 0.0375 e. The summed E-state index contributed by atoms with van der Waals surface area (Å²) in [6.07, 6.45) is 5.74. The van der Waals surface area contributed by atoms with Gasteiger partial charge in [-0.15, -0.1) is 0 Å². The third kappa shape index (κ3) is 2.86. The molecule has 1 fully saturated rings. The van der Waals surface area contributed by atoms with Crippen LogP contribution in [-0.4, -0.2) is 4.98 Å². The van der Waals surface area contributed by atoms with Crippen molar-refractivity contribution in [3.63, 3.8) is 0 Å². The molecule has 2 rings (SSSR count). The number of hydrogen-bond donors (Lipinski definition) is 1. The Labute approximate surface area is 105 Å². The van der Waals surface area contributed by atoms with Crippen molar-refractivity contribution in [2.24, 2.45) is 23.5 Å². The van der Waals surface area contributed by atoms with Crippen LogP contribution in [0.2, 0.25) is 0 Å². The van der Waals surface area contributed by atoms with Crippen molar-refractivity contribution >= 4 is 0 Å². The Balaban J connectivity index is 2.07. The van der Waals surface area contributed by atoms with Gasteiger partial charge in [-0.05, 0) is 55.2 Å². The Hall–Kier alpha value is -0.890. The van der Waals surface area contributed by atoms with Gasteiger partial charge in [-0.2, -0.15) is 0 Å². The van der Waals surface area contributed by atoms with Crippen molar-refractivity contribution in [1.82, 2.24) is 4.98 Å². The lowest BCUT2D eigenvalue weighted by Gasteiger charge is -2.35. The van der Waals surface area contributed by atoms with Crippen LogP contribution in [0.1, 0.15) is 50.4 Å². The van der Waals surface area contributed by atoms with Crippen LogP contribution in [0.4, 0.5) is 0 Å². The summed E-state index contributed by atoms with van der Waals surface area (Å²) in [5.41, 5.74) is 8.74. The molecule has 0 saturated heterocycles. The highest BCUT2D eigenvalue weighted by atomic mass is 14.7. The molecule has 0 radical (unpaired) electrons. The number of nitrogens with two attached hydrogens (primary N) is 1. The minimum absolute atomic E-state index is 0.187. The highest BCUT2D eigenvalue weighted by Crippen LogP contribution is 2.38. The van der Waals surface area contributed by atoms with Gasteiger partial charge in [0, 0.05) is 17.9 Å². The second-order valence-corrected chi connectivity index (χ2v) is 5.78. The van der Waals surface area contributed by atoms with Crippen molar-refractivity contribution in [3.8, 4) is 0 Å². The van der Waals surface area contributed by atoms with E-state index in [1.807, 2.05) is 13.1 Å². The first-order valence-corrected chi connectivity index (χ1v) is 6.76. The molecule has 0 aliphatic heterocycles. The van der Waals surface area contributed by atoms with E-state index in [4.69, 9.17) is 5.73 Å². The van der Waals surface area contributed by atoms with Crippen LogP contribution in [0.15, 0.2) is 18.3 Å². The highest BCUT2D eigenvalue weighted by Gasteiger charge is 2.29. The van der Waals surface area contributed by atoms with Gasteiger partial charge in [0.1, 0.15) is 0 Å². The number of aryl methyl sites for hydroxylation is 1. The zero-order valence-electron chi connectivity index (χ0n) is 11.2. The summed E-state index contributed by atoms with van der Waals surface area (Å²) in [6.45, 7) is 6.76. The predicted molar refractivity (Wildman–Crippen MR) is 71.6 cm³/mol. The predicted octanol–water partition coefficient (Wildman–Crippen LogP) is 3.46. The molecular weight excluding hydrogens is 208 g/mol. The number of rotatable bonds is 2. The minimum Gasteiger partial charge on any atom is -0.324 e. The molecule has 4 unspecified atom stereocenters. The topological polar surface area (TPSA) is 38.9 Å². The molecular formula is C15H24N2. The van der Waals surface area contributed by atoms with Gasteiger partial charge in [-0.3, -0.25) is 4.98 Å². The molecule has 1 aliphatic rings. The molecule has 1 aromatic rings. The summed E-state index contributed by atoms with van der Waals surface area (Å²) in [4.78, 5) is 4.24. The first kappa shape index (κ1) is 12.6. The smallest absolute Gasteiger partial charge is 0.0375 e.